The minimum Gasteiger partial charge on any atom is -0.497 e. The van der Waals surface area contributed by atoms with Crippen LogP contribution in [0.25, 0.3) is 0 Å². The highest BCUT2D eigenvalue weighted by atomic mass is 16.5. The lowest BCUT2D eigenvalue weighted by Crippen LogP contribution is -2.50. The molecule has 1 aliphatic heterocycles. The second-order valence-corrected chi connectivity index (χ2v) is 4.60. The highest BCUT2D eigenvalue weighted by Crippen LogP contribution is 2.19. The van der Waals surface area contributed by atoms with Crippen molar-refractivity contribution in [2.75, 3.05) is 26.8 Å². The first-order valence-electron chi connectivity index (χ1n) is 6.44. The Morgan fingerprint density at radius 2 is 2.05 bits per heavy atom. The number of ether oxygens (including phenoxy) is 1. The molecule has 0 spiro atoms. The molecule has 0 bridgehead atoms. The van der Waals surface area contributed by atoms with Gasteiger partial charge in [-0.3, -0.25) is 19.8 Å². The van der Waals surface area contributed by atoms with Gasteiger partial charge in [0.05, 0.1) is 20.2 Å². The summed E-state index contributed by atoms with van der Waals surface area (Å²) in [5.74, 6) is 5.51. The zero-order valence-corrected chi connectivity index (χ0v) is 11.7. The monoisotopic (exact) mass is 288 g/mol. The molecule has 0 unspecified atom stereocenters. The molecule has 0 saturated carbocycles. The van der Waals surface area contributed by atoms with Crippen LogP contribution in [0.4, 0.5) is 0 Å². The summed E-state index contributed by atoms with van der Waals surface area (Å²) in [6.07, 6.45) is 0. The fourth-order valence-electron chi connectivity index (χ4n) is 2.13. The number of aliphatic hydroxyl groups is 1. The molecule has 1 fully saturated rings. The molecular weight excluding hydrogens is 272 g/mol. The largest absolute Gasteiger partial charge is 0.497 e. The van der Waals surface area contributed by atoms with E-state index < -0.39 is 0 Å². The van der Waals surface area contributed by atoms with Crippen LogP contribution >= 0.6 is 0 Å². The van der Waals surface area contributed by atoms with Gasteiger partial charge in [-0.1, -0.05) is 11.8 Å². The number of benzene rings is 1. The molecule has 21 heavy (non-hydrogen) atoms. The van der Waals surface area contributed by atoms with Crippen LogP contribution in [0.5, 0.6) is 5.75 Å². The van der Waals surface area contributed by atoms with Gasteiger partial charge in [0.2, 0.25) is 11.8 Å². The lowest BCUT2D eigenvalue weighted by atomic mass is 10.1. The molecule has 1 aromatic carbocycles. The van der Waals surface area contributed by atoms with Crippen LogP contribution in [0, 0.1) is 11.8 Å². The van der Waals surface area contributed by atoms with E-state index in [0.717, 1.165) is 11.1 Å². The first-order chi connectivity index (χ1) is 10.1. The van der Waals surface area contributed by atoms with Crippen LogP contribution in [-0.2, 0) is 16.1 Å². The molecular formula is C15H16N2O4. The average Bonchev–Trinajstić information content (AvgIpc) is 2.44. The molecule has 0 aromatic heterocycles. The third kappa shape index (κ3) is 4.05. The Morgan fingerprint density at radius 1 is 1.33 bits per heavy atom. The number of hydrogen-bond acceptors (Lipinski definition) is 5. The molecule has 2 rings (SSSR count). The molecule has 0 aliphatic carbocycles. The maximum absolute atomic E-state index is 11.4. The van der Waals surface area contributed by atoms with Crippen LogP contribution in [0.3, 0.4) is 0 Å². The van der Waals surface area contributed by atoms with Crippen molar-refractivity contribution in [2.24, 2.45) is 0 Å². The molecule has 110 valence electrons. The quantitative estimate of drug-likeness (QED) is 0.579. The van der Waals surface area contributed by atoms with E-state index in [9.17, 15) is 9.59 Å². The van der Waals surface area contributed by atoms with Crippen LogP contribution in [-0.4, -0.2) is 48.6 Å². The minimum absolute atomic E-state index is 0.163. The molecule has 1 aliphatic rings. The summed E-state index contributed by atoms with van der Waals surface area (Å²) in [6, 6.07) is 5.39. The number of nitrogens with one attached hydrogen (secondary N) is 1. The zero-order chi connectivity index (χ0) is 15.2. The Morgan fingerprint density at radius 3 is 2.67 bits per heavy atom. The van der Waals surface area contributed by atoms with Crippen molar-refractivity contribution < 1.29 is 19.4 Å². The summed E-state index contributed by atoms with van der Waals surface area (Å²) in [5, 5.41) is 11.1. The molecule has 1 aromatic rings. The Hall–Kier alpha value is -2.36. The fraction of sp³-hybridized carbons (Fsp3) is 0.333. The Labute approximate surface area is 122 Å². The average molecular weight is 288 g/mol. The summed E-state index contributed by atoms with van der Waals surface area (Å²) in [4.78, 5) is 24.5. The van der Waals surface area contributed by atoms with Crippen molar-refractivity contribution >= 4 is 11.8 Å². The molecule has 0 radical (unpaired) electrons. The second kappa shape index (κ2) is 6.88. The molecule has 6 nitrogen and oxygen atoms in total. The highest BCUT2D eigenvalue weighted by Gasteiger charge is 2.23. The summed E-state index contributed by atoms with van der Waals surface area (Å²) >= 11 is 0. The van der Waals surface area contributed by atoms with Gasteiger partial charge >= 0.3 is 0 Å². The zero-order valence-electron chi connectivity index (χ0n) is 11.7. The number of aliphatic hydroxyl groups excluding tert-OH is 1. The first kappa shape index (κ1) is 15.0. The van der Waals surface area contributed by atoms with Gasteiger partial charge in [-0.15, -0.1) is 0 Å². The van der Waals surface area contributed by atoms with Gasteiger partial charge in [-0.25, -0.2) is 0 Å². The van der Waals surface area contributed by atoms with Gasteiger partial charge < -0.3 is 9.84 Å². The lowest BCUT2D eigenvalue weighted by Gasteiger charge is -2.25. The van der Waals surface area contributed by atoms with E-state index in [-0.39, 0.29) is 31.5 Å². The van der Waals surface area contributed by atoms with E-state index in [1.165, 1.54) is 0 Å². The van der Waals surface area contributed by atoms with Crippen molar-refractivity contribution in [3.8, 4) is 17.6 Å². The first-order valence-corrected chi connectivity index (χ1v) is 6.44. The Balaban J connectivity index is 2.24. The summed E-state index contributed by atoms with van der Waals surface area (Å²) in [5.41, 5.74) is 1.58. The predicted molar refractivity (Wildman–Crippen MR) is 75.4 cm³/mol. The van der Waals surface area contributed by atoms with Crippen LogP contribution in [0.1, 0.15) is 11.1 Å². The number of carbonyl (C=O) groups is 2. The van der Waals surface area contributed by atoms with Crippen molar-refractivity contribution in [1.82, 2.24) is 10.2 Å². The van der Waals surface area contributed by atoms with Crippen LogP contribution in [0.15, 0.2) is 18.2 Å². The van der Waals surface area contributed by atoms with E-state index in [2.05, 4.69) is 17.2 Å². The van der Waals surface area contributed by atoms with Crippen molar-refractivity contribution in [3.05, 3.63) is 29.3 Å². The van der Waals surface area contributed by atoms with E-state index >= 15 is 0 Å². The number of rotatable bonds is 3. The van der Waals surface area contributed by atoms with E-state index in [1.807, 2.05) is 6.07 Å². The molecule has 2 N–H and O–H groups in total. The number of methoxy groups -OCH3 is 1. The normalized spacial score (nSPS) is 15.1. The number of piperazine rings is 1. The SMILES string of the molecule is COc1ccc(C#CCO)c(CN2CC(=O)NC(=O)C2)c1. The van der Waals surface area contributed by atoms with Gasteiger partial charge in [0.1, 0.15) is 12.4 Å². The predicted octanol–water partition coefficient (Wildman–Crippen LogP) is -0.503. The smallest absolute Gasteiger partial charge is 0.240 e. The standard InChI is InChI=1S/C15H16N2O4/c1-21-13-5-4-11(3-2-6-18)12(7-13)8-17-9-14(19)16-15(20)10-17/h4-5,7,18H,6,8-10H2,1H3,(H,16,19,20). The number of carbonyl (C=O) groups excluding carboxylic acids is 2. The molecule has 6 heteroatoms. The number of nitrogens with zero attached hydrogens (tertiary/aromatic N) is 1. The second-order valence-electron chi connectivity index (χ2n) is 4.60. The number of imide groups is 1. The lowest BCUT2D eigenvalue weighted by molar-refractivity contribution is -0.136. The van der Waals surface area contributed by atoms with E-state index in [0.29, 0.717) is 12.3 Å². The maximum Gasteiger partial charge on any atom is 0.240 e. The molecule has 2 amide bonds. The van der Waals surface area contributed by atoms with Gasteiger partial charge in [0.15, 0.2) is 0 Å². The van der Waals surface area contributed by atoms with E-state index in [1.54, 1.807) is 24.1 Å². The number of amides is 2. The van der Waals surface area contributed by atoms with Gasteiger partial charge in [-0.05, 0) is 23.8 Å². The van der Waals surface area contributed by atoms with Crippen molar-refractivity contribution in [2.45, 2.75) is 6.54 Å². The topological polar surface area (TPSA) is 78.9 Å². The van der Waals surface area contributed by atoms with Gasteiger partial charge in [0.25, 0.3) is 0 Å². The van der Waals surface area contributed by atoms with Crippen molar-refractivity contribution in [1.29, 1.82) is 0 Å². The van der Waals surface area contributed by atoms with Crippen LogP contribution in [0.2, 0.25) is 0 Å². The minimum atomic E-state index is -0.308. The third-order valence-electron chi connectivity index (χ3n) is 3.02. The van der Waals surface area contributed by atoms with Crippen LogP contribution < -0.4 is 10.1 Å². The fourth-order valence-corrected chi connectivity index (χ4v) is 2.13. The van der Waals surface area contributed by atoms with Crippen molar-refractivity contribution in [3.63, 3.8) is 0 Å². The highest BCUT2D eigenvalue weighted by molar-refractivity contribution is 5.99. The molecule has 0 atom stereocenters. The third-order valence-corrected chi connectivity index (χ3v) is 3.02. The van der Waals surface area contributed by atoms with Gasteiger partial charge in [-0.2, -0.15) is 0 Å². The Kier molecular flexibility index (Phi) is 4.93. The summed E-state index contributed by atoms with van der Waals surface area (Å²) < 4.78 is 5.18. The molecule has 1 heterocycles. The summed E-state index contributed by atoms with van der Waals surface area (Å²) in [7, 11) is 1.57. The number of hydrogen-bond donors (Lipinski definition) is 2. The molecule has 1 saturated heterocycles. The summed E-state index contributed by atoms with van der Waals surface area (Å²) in [6.45, 7) is 0.507. The van der Waals surface area contributed by atoms with Gasteiger partial charge in [0, 0.05) is 12.1 Å². The van der Waals surface area contributed by atoms with E-state index in [4.69, 9.17) is 9.84 Å². The maximum atomic E-state index is 11.4. The Bertz CT molecular complexity index is 600.